The molecule has 0 aliphatic heterocycles. The van der Waals surface area contributed by atoms with E-state index in [1.807, 2.05) is 0 Å². The zero-order valence-electron chi connectivity index (χ0n) is 5.91. The van der Waals surface area contributed by atoms with Crippen LogP contribution in [-0.4, -0.2) is 16.0 Å². The minimum absolute atomic E-state index is 0.221. The van der Waals surface area contributed by atoms with E-state index in [0.29, 0.717) is 0 Å². The molecule has 0 radical (unpaired) electrons. The first-order valence-corrected chi connectivity index (χ1v) is 3.02. The van der Waals surface area contributed by atoms with Crippen LogP contribution >= 0.6 is 0 Å². The molecule has 12 heavy (non-hydrogen) atoms. The number of nitrogens with zero attached hydrogens (tertiary/aromatic N) is 1. The number of aromatic amines is 1. The number of oxime groups is 1. The average molecular weight is 171 g/mol. The third-order valence-corrected chi connectivity index (χ3v) is 1.28. The second-order valence-corrected chi connectivity index (χ2v) is 2.02. The normalized spacial score (nSPS) is 11.6. The fourth-order valence-electron chi connectivity index (χ4n) is 0.711. The number of hydrogen-bond acceptors (Lipinski definition) is 3. The average Bonchev–Trinajstić information content (AvgIpc) is 2.08. The highest BCUT2D eigenvalue weighted by Crippen LogP contribution is 1.98. The first-order chi connectivity index (χ1) is 5.66. The number of nitrogens with two attached hydrogens (primary N) is 1. The highest BCUT2D eigenvalue weighted by Gasteiger charge is 2.08. The summed E-state index contributed by atoms with van der Waals surface area (Å²) in [6, 6.07) is 1.20. The van der Waals surface area contributed by atoms with Crippen molar-refractivity contribution in [1.82, 2.24) is 4.98 Å². The summed E-state index contributed by atoms with van der Waals surface area (Å²) in [5, 5.41) is 10.7. The Balaban J connectivity index is 3.36. The fraction of sp³-hybridized carbons (Fsp3) is 0. The highest BCUT2D eigenvalue weighted by atomic mass is 19.1. The molecule has 0 unspecified atom stereocenters. The highest BCUT2D eigenvalue weighted by molar-refractivity contribution is 5.97. The van der Waals surface area contributed by atoms with Gasteiger partial charge in [0.25, 0.3) is 5.56 Å². The number of rotatable bonds is 1. The molecule has 0 amide bonds. The summed E-state index contributed by atoms with van der Waals surface area (Å²) in [6.07, 6.45) is 1.21. The van der Waals surface area contributed by atoms with E-state index in [4.69, 9.17) is 10.9 Å². The molecule has 0 spiro atoms. The molecule has 6 heteroatoms. The van der Waals surface area contributed by atoms with Gasteiger partial charge in [0.2, 0.25) is 0 Å². The Morgan fingerprint density at radius 2 is 2.42 bits per heavy atom. The molecule has 5 nitrogen and oxygen atoms in total. The summed E-state index contributed by atoms with van der Waals surface area (Å²) in [4.78, 5) is 12.7. The Morgan fingerprint density at radius 1 is 1.75 bits per heavy atom. The van der Waals surface area contributed by atoms with Crippen LogP contribution in [0.15, 0.2) is 22.2 Å². The van der Waals surface area contributed by atoms with Gasteiger partial charge < -0.3 is 15.9 Å². The summed E-state index contributed by atoms with van der Waals surface area (Å²) in [7, 11) is 0. The van der Waals surface area contributed by atoms with Crippen molar-refractivity contribution in [2.24, 2.45) is 10.9 Å². The van der Waals surface area contributed by atoms with Crippen LogP contribution in [-0.2, 0) is 0 Å². The summed E-state index contributed by atoms with van der Waals surface area (Å²) in [5.74, 6) is -1.49. The van der Waals surface area contributed by atoms with Crippen molar-refractivity contribution < 1.29 is 9.60 Å². The van der Waals surface area contributed by atoms with Crippen LogP contribution in [0.25, 0.3) is 0 Å². The van der Waals surface area contributed by atoms with Gasteiger partial charge in [-0.05, 0) is 6.07 Å². The molecule has 0 atom stereocenters. The van der Waals surface area contributed by atoms with Gasteiger partial charge in [-0.2, -0.15) is 0 Å². The third kappa shape index (κ3) is 1.26. The summed E-state index contributed by atoms with van der Waals surface area (Å²) >= 11 is 0. The van der Waals surface area contributed by atoms with Gasteiger partial charge in [0.1, 0.15) is 0 Å². The van der Waals surface area contributed by atoms with Crippen LogP contribution in [0, 0.1) is 5.82 Å². The Bertz CT molecular complexity index is 371. The molecule has 0 saturated carbocycles. The number of hydrogen-bond donors (Lipinski definition) is 3. The molecule has 4 N–H and O–H groups in total. The molecular weight excluding hydrogens is 165 g/mol. The SMILES string of the molecule is NC(=NO)c1cc[nH]c(=O)c1F. The standard InChI is InChI=1S/C6H6FN3O2/c7-4-3(5(8)10-12)1-2-9-6(4)11/h1-2,12H,(H2,8,10)(H,9,11). The Morgan fingerprint density at radius 3 is 3.00 bits per heavy atom. The number of nitrogens with one attached hydrogen (secondary N) is 1. The first kappa shape index (κ1) is 8.25. The van der Waals surface area contributed by atoms with Crippen molar-refractivity contribution in [1.29, 1.82) is 0 Å². The number of pyridine rings is 1. The molecule has 0 aromatic carbocycles. The monoisotopic (exact) mass is 171 g/mol. The Labute approximate surface area is 66.3 Å². The second kappa shape index (κ2) is 3.04. The number of H-pyrrole nitrogens is 1. The van der Waals surface area contributed by atoms with Crippen molar-refractivity contribution in [3.63, 3.8) is 0 Å². The van der Waals surface area contributed by atoms with Crippen molar-refractivity contribution in [3.05, 3.63) is 34.0 Å². The summed E-state index contributed by atoms with van der Waals surface area (Å²) in [6.45, 7) is 0. The lowest BCUT2D eigenvalue weighted by Gasteiger charge is -1.97. The molecule has 0 bridgehead atoms. The van der Waals surface area contributed by atoms with E-state index in [1.54, 1.807) is 0 Å². The van der Waals surface area contributed by atoms with Crippen LogP contribution in [0.1, 0.15) is 5.56 Å². The van der Waals surface area contributed by atoms with Crippen molar-refractivity contribution in [3.8, 4) is 0 Å². The number of halogens is 1. The molecule has 0 aliphatic rings. The zero-order chi connectivity index (χ0) is 9.14. The largest absolute Gasteiger partial charge is 0.409 e. The van der Waals surface area contributed by atoms with Gasteiger partial charge in [-0.3, -0.25) is 4.79 Å². The van der Waals surface area contributed by atoms with Gasteiger partial charge in [-0.1, -0.05) is 5.16 Å². The van der Waals surface area contributed by atoms with E-state index in [9.17, 15) is 9.18 Å². The molecule has 64 valence electrons. The molecule has 1 heterocycles. The van der Waals surface area contributed by atoms with Gasteiger partial charge >= 0.3 is 0 Å². The quantitative estimate of drug-likeness (QED) is 0.232. The lowest BCUT2D eigenvalue weighted by Crippen LogP contribution is -2.21. The molecule has 1 aromatic rings. The molecule has 0 fully saturated rings. The minimum Gasteiger partial charge on any atom is -0.409 e. The summed E-state index contributed by atoms with van der Waals surface area (Å²) in [5.41, 5.74) is 3.95. The van der Waals surface area contributed by atoms with Gasteiger partial charge in [-0.15, -0.1) is 0 Å². The molecule has 0 saturated heterocycles. The van der Waals surface area contributed by atoms with Crippen LogP contribution in [0.5, 0.6) is 0 Å². The van der Waals surface area contributed by atoms with E-state index in [2.05, 4.69) is 10.1 Å². The van der Waals surface area contributed by atoms with Crippen molar-refractivity contribution >= 4 is 5.84 Å². The van der Waals surface area contributed by atoms with Crippen LogP contribution in [0.4, 0.5) is 4.39 Å². The van der Waals surface area contributed by atoms with Gasteiger partial charge in [-0.25, -0.2) is 4.39 Å². The third-order valence-electron chi connectivity index (χ3n) is 1.28. The second-order valence-electron chi connectivity index (χ2n) is 2.02. The lowest BCUT2D eigenvalue weighted by molar-refractivity contribution is 0.318. The molecular formula is C6H6FN3O2. The maximum atomic E-state index is 12.8. The van der Waals surface area contributed by atoms with Gasteiger partial charge in [0, 0.05) is 6.20 Å². The smallest absolute Gasteiger partial charge is 0.284 e. The molecule has 1 rings (SSSR count). The van der Waals surface area contributed by atoms with Crippen molar-refractivity contribution in [2.75, 3.05) is 0 Å². The van der Waals surface area contributed by atoms with Crippen LogP contribution < -0.4 is 11.3 Å². The van der Waals surface area contributed by atoms with E-state index in [-0.39, 0.29) is 5.56 Å². The maximum Gasteiger partial charge on any atom is 0.284 e. The molecule has 1 aromatic heterocycles. The van der Waals surface area contributed by atoms with E-state index in [0.717, 1.165) is 0 Å². The number of aromatic nitrogens is 1. The van der Waals surface area contributed by atoms with Gasteiger partial charge in [0.05, 0.1) is 5.56 Å². The predicted molar refractivity (Wildman–Crippen MR) is 39.5 cm³/mol. The molecule has 0 aliphatic carbocycles. The summed E-state index contributed by atoms with van der Waals surface area (Å²) < 4.78 is 12.8. The lowest BCUT2D eigenvalue weighted by atomic mass is 10.2. The van der Waals surface area contributed by atoms with E-state index < -0.39 is 17.2 Å². The van der Waals surface area contributed by atoms with Crippen molar-refractivity contribution in [2.45, 2.75) is 0 Å². The Hall–Kier alpha value is -1.85. The predicted octanol–water partition coefficient (Wildman–Crippen LogP) is -0.392. The minimum atomic E-state index is -1.06. The maximum absolute atomic E-state index is 12.8. The Kier molecular flexibility index (Phi) is 2.09. The first-order valence-electron chi connectivity index (χ1n) is 3.02. The fourth-order valence-corrected chi connectivity index (χ4v) is 0.711. The zero-order valence-corrected chi connectivity index (χ0v) is 5.91. The van der Waals surface area contributed by atoms with Crippen LogP contribution in [0.3, 0.4) is 0 Å². The van der Waals surface area contributed by atoms with E-state index >= 15 is 0 Å². The van der Waals surface area contributed by atoms with Gasteiger partial charge in [0.15, 0.2) is 11.7 Å². The number of amidine groups is 1. The van der Waals surface area contributed by atoms with E-state index in [1.165, 1.54) is 12.3 Å². The van der Waals surface area contributed by atoms with Crippen LogP contribution in [0.2, 0.25) is 0 Å². The topological polar surface area (TPSA) is 91.5 Å².